The average Bonchev–Trinajstić information content (AvgIpc) is 3.24. The highest BCUT2D eigenvalue weighted by Crippen LogP contribution is 2.20. The summed E-state index contributed by atoms with van der Waals surface area (Å²) in [5.74, 6) is 1.16. The van der Waals surface area contributed by atoms with Gasteiger partial charge in [-0.1, -0.05) is 23.9 Å². The number of Topliss-reactive ketones (excluding diaryl/α,β-unsaturated/α-hetero) is 1. The summed E-state index contributed by atoms with van der Waals surface area (Å²) in [6.45, 7) is 3.20. The number of aromatic amines is 1. The molecule has 1 aromatic heterocycles. The van der Waals surface area contributed by atoms with Gasteiger partial charge in [0.25, 0.3) is 0 Å². The largest absolute Gasteiger partial charge is 0.492 e. The molecule has 7 nitrogen and oxygen atoms in total. The zero-order chi connectivity index (χ0) is 17.6. The average molecular weight is 363 g/mol. The van der Waals surface area contributed by atoms with Crippen LogP contribution in [-0.2, 0) is 11.3 Å². The Morgan fingerprint density at radius 2 is 2.32 bits per heavy atom. The van der Waals surface area contributed by atoms with E-state index in [1.807, 2.05) is 12.1 Å². The highest BCUT2D eigenvalue weighted by Gasteiger charge is 2.19. The van der Waals surface area contributed by atoms with Gasteiger partial charge in [-0.05, 0) is 31.9 Å². The van der Waals surface area contributed by atoms with Gasteiger partial charge in [0.2, 0.25) is 0 Å². The Morgan fingerprint density at radius 3 is 3.08 bits per heavy atom. The molecule has 134 valence electrons. The molecule has 1 atom stereocenters. The maximum absolute atomic E-state index is 11.9. The second-order valence-corrected chi connectivity index (χ2v) is 6.87. The second-order valence-electron chi connectivity index (χ2n) is 5.81. The monoisotopic (exact) mass is 363 g/mol. The summed E-state index contributed by atoms with van der Waals surface area (Å²) in [6, 6.07) is 7.18. The number of aromatic nitrogens is 3. The van der Waals surface area contributed by atoms with Crippen molar-refractivity contribution in [2.24, 2.45) is 0 Å². The molecule has 0 spiro atoms. The quantitative estimate of drug-likeness (QED) is 0.439. The van der Waals surface area contributed by atoms with Crippen molar-refractivity contribution in [1.82, 2.24) is 14.8 Å². The lowest BCUT2D eigenvalue weighted by Crippen LogP contribution is -2.25. The minimum Gasteiger partial charge on any atom is -0.492 e. The first kappa shape index (κ1) is 17.8. The van der Waals surface area contributed by atoms with Crippen LogP contribution < -0.4 is 10.4 Å². The number of benzene rings is 1. The molecule has 1 aliphatic heterocycles. The Kier molecular flexibility index (Phi) is 5.93. The number of hydrogen-bond donors (Lipinski definition) is 1. The second kappa shape index (κ2) is 8.35. The summed E-state index contributed by atoms with van der Waals surface area (Å²) < 4.78 is 12.9. The number of rotatable bonds is 8. The minimum absolute atomic E-state index is 0.0269. The summed E-state index contributed by atoms with van der Waals surface area (Å²) in [4.78, 5) is 23.5. The lowest BCUT2D eigenvalue weighted by atomic mass is 10.1. The molecule has 1 N–H and O–H groups in total. The molecule has 1 aliphatic rings. The molecular formula is C17H21N3O4S. The Morgan fingerprint density at radius 1 is 1.48 bits per heavy atom. The van der Waals surface area contributed by atoms with Gasteiger partial charge in [0, 0.05) is 12.4 Å². The zero-order valence-corrected chi connectivity index (χ0v) is 14.9. The van der Waals surface area contributed by atoms with E-state index < -0.39 is 0 Å². The van der Waals surface area contributed by atoms with Crippen molar-refractivity contribution in [3.05, 3.63) is 40.3 Å². The number of nitrogens with one attached hydrogen (secondary N) is 1. The summed E-state index contributed by atoms with van der Waals surface area (Å²) in [5, 5.41) is 7.19. The fraction of sp³-hybridized carbons (Fsp3) is 0.471. The van der Waals surface area contributed by atoms with E-state index in [9.17, 15) is 9.59 Å². The van der Waals surface area contributed by atoms with Gasteiger partial charge in [0.15, 0.2) is 10.9 Å². The number of carbonyl (C=O) groups is 1. The van der Waals surface area contributed by atoms with Gasteiger partial charge < -0.3 is 9.47 Å². The van der Waals surface area contributed by atoms with E-state index in [4.69, 9.17) is 9.47 Å². The highest BCUT2D eigenvalue weighted by molar-refractivity contribution is 7.99. The third-order valence-corrected chi connectivity index (χ3v) is 4.91. The lowest BCUT2D eigenvalue weighted by molar-refractivity contribution is 0.0941. The van der Waals surface area contributed by atoms with Gasteiger partial charge in [0.05, 0.1) is 24.8 Å². The molecule has 1 fully saturated rings. The SMILES string of the molecule is CC(=O)c1ccccc1OCCSc1n[nH]c(=O)n1C[C@H]1CCCO1. The van der Waals surface area contributed by atoms with Gasteiger partial charge in [-0.15, -0.1) is 5.10 Å². The third-order valence-electron chi connectivity index (χ3n) is 3.97. The van der Waals surface area contributed by atoms with Gasteiger partial charge in [-0.25, -0.2) is 9.89 Å². The molecule has 1 saturated heterocycles. The topological polar surface area (TPSA) is 86.2 Å². The summed E-state index contributed by atoms with van der Waals surface area (Å²) in [6.07, 6.45) is 2.07. The van der Waals surface area contributed by atoms with Crippen molar-refractivity contribution >= 4 is 17.5 Å². The number of H-pyrrole nitrogens is 1. The molecule has 8 heteroatoms. The number of para-hydroxylation sites is 1. The number of ketones is 1. The highest BCUT2D eigenvalue weighted by atomic mass is 32.2. The molecule has 0 saturated carbocycles. The van der Waals surface area contributed by atoms with Gasteiger partial charge in [-0.2, -0.15) is 0 Å². The Bertz CT molecular complexity index is 780. The van der Waals surface area contributed by atoms with Crippen LogP contribution in [0, 0.1) is 0 Å². The first-order valence-electron chi connectivity index (χ1n) is 8.27. The van der Waals surface area contributed by atoms with Crippen LogP contribution in [0.4, 0.5) is 0 Å². The van der Waals surface area contributed by atoms with E-state index in [0.717, 1.165) is 19.4 Å². The van der Waals surface area contributed by atoms with Gasteiger partial charge in [-0.3, -0.25) is 9.36 Å². The van der Waals surface area contributed by atoms with Crippen LogP contribution in [-0.4, -0.2) is 45.6 Å². The predicted octanol–water partition coefficient (Wildman–Crippen LogP) is 2.12. The molecule has 0 radical (unpaired) electrons. The van der Waals surface area contributed by atoms with E-state index in [1.54, 1.807) is 16.7 Å². The van der Waals surface area contributed by atoms with Crippen LogP contribution in [0.25, 0.3) is 0 Å². The van der Waals surface area contributed by atoms with Crippen LogP contribution in [0.15, 0.2) is 34.2 Å². The summed E-state index contributed by atoms with van der Waals surface area (Å²) >= 11 is 1.44. The van der Waals surface area contributed by atoms with Gasteiger partial charge in [0.1, 0.15) is 5.75 Å². The summed E-state index contributed by atoms with van der Waals surface area (Å²) in [5.41, 5.74) is 0.350. The van der Waals surface area contributed by atoms with Crippen molar-refractivity contribution in [2.75, 3.05) is 19.0 Å². The number of ether oxygens (including phenoxy) is 2. The van der Waals surface area contributed by atoms with Crippen LogP contribution in [0.5, 0.6) is 5.75 Å². The first-order chi connectivity index (χ1) is 12.1. The number of carbonyl (C=O) groups excluding carboxylic acids is 1. The molecule has 1 aromatic carbocycles. The molecule has 2 aromatic rings. The molecule has 3 rings (SSSR count). The maximum atomic E-state index is 11.9. The molecule has 0 bridgehead atoms. The van der Waals surface area contributed by atoms with E-state index in [0.29, 0.717) is 35.4 Å². The molecule has 2 heterocycles. The van der Waals surface area contributed by atoms with Crippen LogP contribution in [0.3, 0.4) is 0 Å². The Labute approximate surface area is 149 Å². The van der Waals surface area contributed by atoms with Crippen LogP contribution in [0.1, 0.15) is 30.1 Å². The van der Waals surface area contributed by atoms with Gasteiger partial charge >= 0.3 is 5.69 Å². The number of hydrogen-bond acceptors (Lipinski definition) is 6. The fourth-order valence-electron chi connectivity index (χ4n) is 2.73. The first-order valence-corrected chi connectivity index (χ1v) is 9.26. The van der Waals surface area contributed by atoms with E-state index in [2.05, 4.69) is 10.2 Å². The van der Waals surface area contributed by atoms with E-state index in [-0.39, 0.29) is 17.6 Å². The standard InChI is InChI=1S/C17H21N3O4S/c1-12(21)14-6-2-3-7-15(14)24-9-10-25-17-19-18-16(22)20(17)11-13-5-4-8-23-13/h2-3,6-7,13H,4-5,8-11H2,1H3,(H,18,22)/t13-/m1/s1. The lowest BCUT2D eigenvalue weighted by Gasteiger charge is -2.11. The predicted molar refractivity (Wildman–Crippen MR) is 94.5 cm³/mol. The van der Waals surface area contributed by atoms with Crippen molar-refractivity contribution in [3.63, 3.8) is 0 Å². The molecule has 25 heavy (non-hydrogen) atoms. The normalized spacial score (nSPS) is 16.9. The van der Waals surface area contributed by atoms with E-state index in [1.165, 1.54) is 18.7 Å². The smallest absolute Gasteiger partial charge is 0.344 e. The Balaban J connectivity index is 1.54. The molecular weight excluding hydrogens is 342 g/mol. The molecule has 0 unspecified atom stereocenters. The minimum atomic E-state index is -0.221. The Hall–Kier alpha value is -2.06. The summed E-state index contributed by atoms with van der Waals surface area (Å²) in [7, 11) is 0. The van der Waals surface area contributed by atoms with Crippen molar-refractivity contribution in [1.29, 1.82) is 0 Å². The third kappa shape index (κ3) is 4.52. The number of thioether (sulfide) groups is 1. The molecule has 0 aliphatic carbocycles. The molecule has 0 amide bonds. The van der Waals surface area contributed by atoms with Crippen molar-refractivity contribution in [2.45, 2.75) is 37.6 Å². The van der Waals surface area contributed by atoms with E-state index >= 15 is 0 Å². The zero-order valence-electron chi connectivity index (χ0n) is 14.1. The number of nitrogens with zero attached hydrogens (tertiary/aromatic N) is 2. The fourth-order valence-corrected chi connectivity index (χ4v) is 3.51. The maximum Gasteiger partial charge on any atom is 0.344 e. The van der Waals surface area contributed by atoms with Crippen LogP contribution in [0.2, 0.25) is 0 Å². The van der Waals surface area contributed by atoms with Crippen molar-refractivity contribution in [3.8, 4) is 5.75 Å². The van der Waals surface area contributed by atoms with Crippen molar-refractivity contribution < 1.29 is 14.3 Å². The van der Waals surface area contributed by atoms with Crippen LogP contribution >= 0.6 is 11.8 Å².